The summed E-state index contributed by atoms with van der Waals surface area (Å²) >= 11 is 0. The number of unbranched alkanes of at least 4 members (excludes halogenated alkanes) is 1. The maximum absolute atomic E-state index is 13.4. The van der Waals surface area contributed by atoms with Crippen molar-refractivity contribution in [3.05, 3.63) is 0 Å². The van der Waals surface area contributed by atoms with Gasteiger partial charge in [-0.3, -0.25) is 24.2 Å². The molecule has 15 nitrogen and oxygen atoms in total. The van der Waals surface area contributed by atoms with Gasteiger partial charge in [0.2, 0.25) is 23.6 Å². The van der Waals surface area contributed by atoms with Crippen LogP contribution in [0.4, 0.5) is 0 Å². The number of rotatable bonds is 17. The van der Waals surface area contributed by atoms with Gasteiger partial charge in [0.05, 0.1) is 6.04 Å². The average Bonchev–Trinajstić information content (AvgIpc) is 3.32. The van der Waals surface area contributed by atoms with Crippen LogP contribution in [-0.4, -0.2) is 89.4 Å². The van der Waals surface area contributed by atoms with E-state index in [-0.39, 0.29) is 25.3 Å². The normalized spacial score (nSPS) is 17.4. The largest absolute Gasteiger partial charge is 0.480 e. The third kappa shape index (κ3) is 11.4. The number of hydrogen-bond acceptors (Lipinski definition) is 8. The Labute approximate surface area is 215 Å². The molecule has 0 aromatic heterocycles. The molecular formula is C22H41N9O6. The molecule has 0 aliphatic carbocycles. The lowest BCUT2D eigenvalue weighted by Gasteiger charge is -2.30. The third-order valence-electron chi connectivity index (χ3n) is 6.00. The Bertz CT molecular complexity index is 833. The summed E-state index contributed by atoms with van der Waals surface area (Å²) in [6.07, 6.45) is 2.71. The van der Waals surface area contributed by atoms with Crippen molar-refractivity contribution in [3.8, 4) is 0 Å². The number of aliphatic carboxylic acids is 1. The van der Waals surface area contributed by atoms with Gasteiger partial charge in [0, 0.05) is 19.5 Å². The smallest absolute Gasteiger partial charge is 0.326 e. The van der Waals surface area contributed by atoms with Crippen molar-refractivity contribution in [2.75, 3.05) is 19.6 Å². The van der Waals surface area contributed by atoms with Crippen molar-refractivity contribution in [2.24, 2.45) is 33.7 Å². The summed E-state index contributed by atoms with van der Waals surface area (Å²) in [5, 5.41) is 14.5. The van der Waals surface area contributed by atoms with Crippen LogP contribution in [-0.2, 0) is 24.0 Å². The zero-order chi connectivity index (χ0) is 28.0. The van der Waals surface area contributed by atoms with Gasteiger partial charge in [-0.2, -0.15) is 0 Å². The maximum atomic E-state index is 13.4. The summed E-state index contributed by atoms with van der Waals surface area (Å²) in [7, 11) is 0. The molecule has 1 saturated heterocycles. The van der Waals surface area contributed by atoms with Gasteiger partial charge in [0.25, 0.3) is 0 Å². The molecule has 0 spiro atoms. The fraction of sp³-hybridized carbons (Fsp3) is 0.727. The van der Waals surface area contributed by atoms with Gasteiger partial charge in [-0.15, -0.1) is 0 Å². The number of primary amides is 1. The zero-order valence-corrected chi connectivity index (χ0v) is 21.1. The Kier molecular flexibility index (Phi) is 13.9. The second-order valence-corrected chi connectivity index (χ2v) is 8.99. The first kappa shape index (κ1) is 31.6. The second-order valence-electron chi connectivity index (χ2n) is 8.99. The zero-order valence-electron chi connectivity index (χ0n) is 21.1. The van der Waals surface area contributed by atoms with Gasteiger partial charge < -0.3 is 49.3 Å². The highest BCUT2D eigenvalue weighted by atomic mass is 16.4. The van der Waals surface area contributed by atoms with Gasteiger partial charge in [-0.25, -0.2) is 4.79 Å². The highest BCUT2D eigenvalue weighted by Crippen LogP contribution is 2.20. The third-order valence-corrected chi connectivity index (χ3v) is 6.00. The Morgan fingerprint density at radius 1 is 0.973 bits per heavy atom. The first-order chi connectivity index (χ1) is 17.5. The van der Waals surface area contributed by atoms with E-state index in [0.29, 0.717) is 58.0 Å². The molecule has 4 amide bonds. The van der Waals surface area contributed by atoms with Crippen LogP contribution in [0.1, 0.15) is 57.8 Å². The topological polar surface area (TPSA) is 275 Å². The van der Waals surface area contributed by atoms with Crippen LogP contribution in [0.3, 0.4) is 0 Å². The van der Waals surface area contributed by atoms with Crippen LogP contribution in [0.15, 0.2) is 4.99 Å². The van der Waals surface area contributed by atoms with Gasteiger partial charge in [-0.05, 0) is 57.9 Å². The lowest BCUT2D eigenvalue weighted by atomic mass is 10.0. The van der Waals surface area contributed by atoms with Crippen LogP contribution in [0.25, 0.3) is 0 Å². The summed E-state index contributed by atoms with van der Waals surface area (Å²) in [5.74, 6) is -3.69. The SMILES string of the molecule is NCCCCC(NC(=O)C(N)CCCN=C(N)N)C(=O)N1CCCC1C(=O)NC(CCC(N)=O)C(=O)O. The Balaban J connectivity index is 2.88. The highest BCUT2D eigenvalue weighted by Gasteiger charge is 2.39. The van der Waals surface area contributed by atoms with Crippen molar-refractivity contribution in [1.82, 2.24) is 15.5 Å². The molecule has 4 atom stereocenters. The van der Waals surface area contributed by atoms with Gasteiger partial charge in [0.15, 0.2) is 5.96 Å². The van der Waals surface area contributed by atoms with Crippen LogP contribution >= 0.6 is 0 Å². The summed E-state index contributed by atoms with van der Waals surface area (Å²) in [5.41, 5.74) is 27.2. The van der Waals surface area contributed by atoms with Crippen molar-refractivity contribution in [1.29, 1.82) is 0 Å². The molecule has 4 unspecified atom stereocenters. The predicted octanol–water partition coefficient (Wildman–Crippen LogP) is -3.19. The van der Waals surface area contributed by atoms with Crippen molar-refractivity contribution >= 4 is 35.6 Å². The van der Waals surface area contributed by atoms with Crippen molar-refractivity contribution in [3.63, 3.8) is 0 Å². The van der Waals surface area contributed by atoms with E-state index in [0.717, 1.165) is 0 Å². The lowest BCUT2D eigenvalue weighted by Crippen LogP contribution is -2.56. The van der Waals surface area contributed by atoms with E-state index >= 15 is 0 Å². The van der Waals surface area contributed by atoms with Crippen molar-refractivity contribution < 1.29 is 29.1 Å². The van der Waals surface area contributed by atoms with Gasteiger partial charge in [-0.1, -0.05) is 0 Å². The summed E-state index contributed by atoms with van der Waals surface area (Å²) in [4.78, 5) is 66.7. The maximum Gasteiger partial charge on any atom is 0.326 e. The standard InChI is InChI=1S/C22H41N9O6/c23-10-2-1-6-14(29-18(33)13(24)5-3-11-28-22(26)27)20(35)31-12-4-7-16(31)19(34)30-15(21(36)37)8-9-17(25)32/h13-16H,1-12,23-24H2,(H2,25,32)(H,29,33)(H,30,34)(H,36,37)(H4,26,27,28). The monoisotopic (exact) mass is 527 g/mol. The van der Waals surface area contributed by atoms with E-state index < -0.39 is 53.8 Å². The molecule has 0 radical (unpaired) electrons. The number of carboxylic acid groups (broad SMARTS) is 1. The molecule has 0 saturated carbocycles. The van der Waals surface area contributed by atoms with Crippen LogP contribution in [0, 0.1) is 0 Å². The number of nitrogens with zero attached hydrogens (tertiary/aromatic N) is 2. The quantitative estimate of drug-likeness (QED) is 0.0532. The molecule has 210 valence electrons. The van der Waals surface area contributed by atoms with Crippen LogP contribution in [0.5, 0.6) is 0 Å². The predicted molar refractivity (Wildman–Crippen MR) is 135 cm³/mol. The number of carbonyl (C=O) groups is 5. The molecule has 0 aromatic carbocycles. The number of likely N-dealkylation sites (tertiary alicyclic amines) is 1. The van der Waals surface area contributed by atoms with E-state index in [1.807, 2.05) is 0 Å². The Morgan fingerprint density at radius 2 is 1.68 bits per heavy atom. The first-order valence-corrected chi connectivity index (χ1v) is 12.4. The molecule has 37 heavy (non-hydrogen) atoms. The molecule has 1 aliphatic rings. The van der Waals surface area contributed by atoms with Crippen LogP contribution < -0.4 is 39.3 Å². The number of guanidine groups is 1. The second kappa shape index (κ2) is 16.3. The molecule has 13 N–H and O–H groups in total. The summed E-state index contributed by atoms with van der Waals surface area (Å²) < 4.78 is 0. The minimum Gasteiger partial charge on any atom is -0.480 e. The number of carbonyl (C=O) groups excluding carboxylic acids is 4. The molecule has 15 heteroatoms. The van der Waals surface area contributed by atoms with Crippen LogP contribution in [0.2, 0.25) is 0 Å². The Hall–Kier alpha value is -3.46. The first-order valence-electron chi connectivity index (χ1n) is 12.4. The molecule has 1 aliphatic heterocycles. The van der Waals surface area contributed by atoms with Gasteiger partial charge >= 0.3 is 5.97 Å². The average molecular weight is 528 g/mol. The Morgan fingerprint density at radius 3 is 2.27 bits per heavy atom. The molecule has 1 heterocycles. The molecule has 0 aromatic rings. The number of aliphatic imine (C=N–C) groups is 1. The molecular weight excluding hydrogens is 486 g/mol. The molecule has 1 fully saturated rings. The summed E-state index contributed by atoms with van der Waals surface area (Å²) in [6, 6.07) is -4.06. The molecule has 0 bridgehead atoms. The number of carboxylic acids is 1. The molecule has 1 rings (SSSR count). The minimum absolute atomic E-state index is 0.0599. The van der Waals surface area contributed by atoms with E-state index in [2.05, 4.69) is 15.6 Å². The van der Waals surface area contributed by atoms with Gasteiger partial charge in [0.1, 0.15) is 18.1 Å². The number of amides is 4. The van der Waals surface area contributed by atoms with E-state index in [9.17, 15) is 29.1 Å². The highest BCUT2D eigenvalue weighted by molar-refractivity contribution is 5.94. The minimum atomic E-state index is -1.32. The fourth-order valence-corrected chi connectivity index (χ4v) is 3.99. The number of nitrogens with one attached hydrogen (secondary N) is 2. The van der Waals surface area contributed by atoms with E-state index in [1.165, 1.54) is 4.90 Å². The number of hydrogen-bond donors (Lipinski definition) is 8. The fourth-order valence-electron chi connectivity index (χ4n) is 3.99. The van der Waals surface area contributed by atoms with E-state index in [1.54, 1.807) is 0 Å². The number of nitrogens with two attached hydrogens (primary N) is 5. The van der Waals surface area contributed by atoms with Crippen molar-refractivity contribution in [2.45, 2.75) is 82.0 Å². The summed E-state index contributed by atoms with van der Waals surface area (Å²) in [6.45, 7) is 0.989. The van der Waals surface area contributed by atoms with E-state index in [4.69, 9.17) is 28.7 Å². The lowest BCUT2D eigenvalue weighted by molar-refractivity contribution is -0.145.